The number of aromatic nitrogens is 2. The Morgan fingerprint density at radius 2 is 2.33 bits per heavy atom. The van der Waals surface area contributed by atoms with Crippen LogP contribution < -0.4 is 11.1 Å². The van der Waals surface area contributed by atoms with E-state index in [-0.39, 0.29) is 5.91 Å². The maximum absolute atomic E-state index is 12.1. The van der Waals surface area contributed by atoms with Crippen molar-refractivity contribution in [2.24, 2.45) is 5.73 Å². The second-order valence-electron chi connectivity index (χ2n) is 4.58. The van der Waals surface area contributed by atoms with Gasteiger partial charge in [-0.25, -0.2) is 4.98 Å². The average Bonchev–Trinajstić information content (AvgIpc) is 2.99. The van der Waals surface area contributed by atoms with Crippen LogP contribution in [0.2, 0.25) is 0 Å². The van der Waals surface area contributed by atoms with Crippen molar-refractivity contribution in [1.82, 2.24) is 15.3 Å². The summed E-state index contributed by atoms with van der Waals surface area (Å²) in [6, 6.07) is 5.48. The first kappa shape index (κ1) is 14.8. The Kier molecular flexibility index (Phi) is 5.13. The number of carbonyl (C=O) groups excluding carboxylic acids is 1. The summed E-state index contributed by atoms with van der Waals surface area (Å²) in [5, 5.41) is 2.87. The molecule has 21 heavy (non-hydrogen) atoms. The van der Waals surface area contributed by atoms with E-state index in [0.717, 1.165) is 17.0 Å². The third kappa shape index (κ3) is 4.20. The monoisotopic (exact) mass is 282 g/mol. The number of aryl methyl sites for hydroxylation is 1. The van der Waals surface area contributed by atoms with E-state index in [9.17, 15) is 4.79 Å². The van der Waals surface area contributed by atoms with Gasteiger partial charge in [0.15, 0.2) is 0 Å². The van der Waals surface area contributed by atoms with E-state index in [1.807, 2.05) is 13.0 Å². The summed E-state index contributed by atoms with van der Waals surface area (Å²) in [4.78, 5) is 19.2. The fourth-order valence-corrected chi connectivity index (χ4v) is 1.88. The topological polar surface area (TPSA) is 83.8 Å². The molecule has 1 aromatic carbocycles. The zero-order valence-electron chi connectivity index (χ0n) is 11.9. The van der Waals surface area contributed by atoms with E-state index < -0.39 is 0 Å². The van der Waals surface area contributed by atoms with Gasteiger partial charge in [-0.1, -0.05) is 17.9 Å². The van der Waals surface area contributed by atoms with Crippen LogP contribution in [0.25, 0.3) is 0 Å². The zero-order chi connectivity index (χ0) is 15.1. The number of benzene rings is 1. The SMILES string of the molecule is Cc1ccc(C(=O)NCCc2ncc[nH]2)cc1C#CCN. The number of hydrogen-bond acceptors (Lipinski definition) is 3. The number of carbonyl (C=O) groups is 1. The van der Waals surface area contributed by atoms with Crippen molar-refractivity contribution in [1.29, 1.82) is 0 Å². The molecule has 0 aliphatic rings. The van der Waals surface area contributed by atoms with Crippen LogP contribution >= 0.6 is 0 Å². The molecule has 0 bridgehead atoms. The molecule has 0 unspecified atom stereocenters. The van der Waals surface area contributed by atoms with Gasteiger partial charge >= 0.3 is 0 Å². The lowest BCUT2D eigenvalue weighted by atomic mass is 10.0. The Hall–Kier alpha value is -2.58. The van der Waals surface area contributed by atoms with Crippen LogP contribution in [0.3, 0.4) is 0 Å². The molecule has 0 saturated heterocycles. The molecule has 0 radical (unpaired) electrons. The normalized spacial score (nSPS) is 9.81. The van der Waals surface area contributed by atoms with Crippen molar-refractivity contribution >= 4 is 5.91 Å². The number of amides is 1. The molecule has 2 aromatic rings. The number of nitrogens with two attached hydrogens (primary N) is 1. The van der Waals surface area contributed by atoms with E-state index >= 15 is 0 Å². The molecule has 4 N–H and O–H groups in total. The van der Waals surface area contributed by atoms with Gasteiger partial charge in [0.05, 0.1) is 6.54 Å². The second-order valence-corrected chi connectivity index (χ2v) is 4.58. The van der Waals surface area contributed by atoms with Crippen LogP contribution in [0.4, 0.5) is 0 Å². The minimum Gasteiger partial charge on any atom is -0.352 e. The predicted molar refractivity (Wildman–Crippen MR) is 81.7 cm³/mol. The molecule has 0 fully saturated rings. The van der Waals surface area contributed by atoms with Gasteiger partial charge in [0.2, 0.25) is 0 Å². The summed E-state index contributed by atoms with van der Waals surface area (Å²) >= 11 is 0. The molecule has 0 aliphatic carbocycles. The Morgan fingerprint density at radius 3 is 3.05 bits per heavy atom. The van der Waals surface area contributed by atoms with E-state index in [4.69, 9.17) is 5.73 Å². The molecule has 1 aromatic heterocycles. The summed E-state index contributed by atoms with van der Waals surface area (Å²) in [6.45, 7) is 2.79. The zero-order valence-corrected chi connectivity index (χ0v) is 11.9. The molecule has 1 heterocycles. The molecule has 0 saturated carbocycles. The van der Waals surface area contributed by atoms with Crippen molar-refractivity contribution in [2.45, 2.75) is 13.3 Å². The molecular formula is C16H18N4O. The lowest BCUT2D eigenvalue weighted by molar-refractivity contribution is 0.0954. The Labute approximate surface area is 124 Å². The van der Waals surface area contributed by atoms with E-state index in [2.05, 4.69) is 27.1 Å². The van der Waals surface area contributed by atoms with Crippen molar-refractivity contribution in [3.8, 4) is 11.8 Å². The summed E-state index contributed by atoms with van der Waals surface area (Å²) in [5.74, 6) is 6.52. The molecule has 0 spiro atoms. The Morgan fingerprint density at radius 1 is 1.48 bits per heavy atom. The third-order valence-electron chi connectivity index (χ3n) is 3.03. The summed E-state index contributed by atoms with van der Waals surface area (Å²) in [7, 11) is 0. The maximum atomic E-state index is 12.1. The lowest BCUT2D eigenvalue weighted by Crippen LogP contribution is -2.26. The summed E-state index contributed by atoms with van der Waals surface area (Å²) in [5.41, 5.74) is 7.84. The predicted octanol–water partition coefficient (Wildman–Crippen LogP) is 1.00. The highest BCUT2D eigenvalue weighted by atomic mass is 16.1. The number of nitrogens with one attached hydrogen (secondary N) is 2. The Bertz CT molecular complexity index is 665. The smallest absolute Gasteiger partial charge is 0.251 e. The molecule has 1 amide bonds. The van der Waals surface area contributed by atoms with Crippen molar-refractivity contribution in [3.05, 3.63) is 53.1 Å². The average molecular weight is 282 g/mol. The molecular weight excluding hydrogens is 264 g/mol. The quantitative estimate of drug-likeness (QED) is 0.732. The molecule has 5 nitrogen and oxygen atoms in total. The van der Waals surface area contributed by atoms with Gasteiger partial charge in [0, 0.05) is 36.5 Å². The minimum absolute atomic E-state index is 0.114. The third-order valence-corrected chi connectivity index (χ3v) is 3.03. The van der Waals surface area contributed by atoms with Crippen molar-refractivity contribution in [2.75, 3.05) is 13.1 Å². The van der Waals surface area contributed by atoms with Gasteiger partial charge < -0.3 is 16.0 Å². The first-order chi connectivity index (χ1) is 10.2. The van der Waals surface area contributed by atoms with Crippen LogP contribution in [0.1, 0.15) is 27.3 Å². The van der Waals surface area contributed by atoms with Gasteiger partial charge in [0.25, 0.3) is 5.91 Å². The van der Waals surface area contributed by atoms with Gasteiger partial charge in [-0.3, -0.25) is 4.79 Å². The lowest BCUT2D eigenvalue weighted by Gasteiger charge is -2.06. The number of nitrogens with zero attached hydrogens (tertiary/aromatic N) is 1. The van der Waals surface area contributed by atoms with Crippen LogP contribution in [0, 0.1) is 18.8 Å². The second kappa shape index (κ2) is 7.27. The molecule has 0 aliphatic heterocycles. The highest BCUT2D eigenvalue weighted by molar-refractivity contribution is 5.94. The first-order valence-corrected chi connectivity index (χ1v) is 6.76. The van der Waals surface area contributed by atoms with Crippen molar-refractivity contribution in [3.63, 3.8) is 0 Å². The van der Waals surface area contributed by atoms with Crippen LogP contribution in [-0.4, -0.2) is 29.0 Å². The molecule has 108 valence electrons. The largest absolute Gasteiger partial charge is 0.352 e. The number of rotatable bonds is 4. The van der Waals surface area contributed by atoms with Crippen LogP contribution in [0.5, 0.6) is 0 Å². The number of H-pyrrole nitrogens is 1. The Balaban J connectivity index is 1.98. The van der Waals surface area contributed by atoms with E-state index in [0.29, 0.717) is 25.1 Å². The maximum Gasteiger partial charge on any atom is 0.251 e. The first-order valence-electron chi connectivity index (χ1n) is 6.76. The fraction of sp³-hybridized carbons (Fsp3) is 0.250. The van der Waals surface area contributed by atoms with Gasteiger partial charge in [-0.15, -0.1) is 0 Å². The van der Waals surface area contributed by atoms with Crippen LogP contribution in [0.15, 0.2) is 30.6 Å². The number of aromatic amines is 1. The highest BCUT2D eigenvalue weighted by Gasteiger charge is 2.07. The summed E-state index contributed by atoms with van der Waals surface area (Å²) in [6.07, 6.45) is 4.13. The van der Waals surface area contributed by atoms with Gasteiger partial charge in [0.1, 0.15) is 5.82 Å². The standard InChI is InChI=1S/C16H18N4O/c1-12-4-5-14(11-13(12)3-2-7-17)16(21)20-8-6-15-18-9-10-19-15/h4-5,9-11H,6-8,17H2,1H3,(H,18,19)(H,20,21). The van der Waals surface area contributed by atoms with Gasteiger partial charge in [-0.05, 0) is 24.6 Å². The number of hydrogen-bond donors (Lipinski definition) is 3. The van der Waals surface area contributed by atoms with E-state index in [1.54, 1.807) is 24.5 Å². The molecule has 2 rings (SSSR count). The fourth-order valence-electron chi connectivity index (χ4n) is 1.88. The highest BCUT2D eigenvalue weighted by Crippen LogP contribution is 2.10. The van der Waals surface area contributed by atoms with E-state index in [1.165, 1.54) is 0 Å². The molecule has 5 heteroatoms. The minimum atomic E-state index is -0.114. The van der Waals surface area contributed by atoms with Gasteiger partial charge in [-0.2, -0.15) is 0 Å². The van der Waals surface area contributed by atoms with Crippen molar-refractivity contribution < 1.29 is 4.79 Å². The van der Waals surface area contributed by atoms with Crippen LogP contribution in [-0.2, 0) is 6.42 Å². The summed E-state index contributed by atoms with van der Waals surface area (Å²) < 4.78 is 0. The number of imidazole rings is 1. The molecule has 0 atom stereocenters.